The molecule has 0 fully saturated rings. The summed E-state index contributed by atoms with van der Waals surface area (Å²) in [5.74, 6) is 0. The highest BCUT2D eigenvalue weighted by atomic mass is 19.4. The van der Waals surface area contributed by atoms with Crippen LogP contribution in [0, 0.1) is 0 Å². The van der Waals surface area contributed by atoms with Gasteiger partial charge in [-0.2, -0.15) is 13.2 Å². The molecule has 1 atom stereocenters. The summed E-state index contributed by atoms with van der Waals surface area (Å²) in [6.45, 7) is 0. The molecule has 0 heterocycles. The number of likely N-dealkylation sites (N-methyl/N-ethyl adjacent to an activating group) is 1. The summed E-state index contributed by atoms with van der Waals surface area (Å²) in [5, 5.41) is 2.27. The molecule has 0 unspecified atom stereocenters. The van der Waals surface area contributed by atoms with Crippen molar-refractivity contribution in [2.24, 2.45) is 0 Å². The third kappa shape index (κ3) is 3.03. The van der Waals surface area contributed by atoms with Crippen LogP contribution in [0.2, 0.25) is 0 Å². The molecule has 14 heavy (non-hydrogen) atoms. The molecule has 1 rings (SSSR count). The predicted molar refractivity (Wildman–Crippen MR) is 49.0 cm³/mol. The summed E-state index contributed by atoms with van der Waals surface area (Å²) < 4.78 is 37.0. The van der Waals surface area contributed by atoms with Gasteiger partial charge in [0, 0.05) is 0 Å². The first-order valence-electron chi connectivity index (χ1n) is 4.32. The highest BCUT2D eigenvalue weighted by molar-refractivity contribution is 5.16. The molecule has 0 aliphatic carbocycles. The number of benzene rings is 1. The molecule has 78 valence electrons. The minimum atomic E-state index is -4.19. The summed E-state index contributed by atoms with van der Waals surface area (Å²) in [5.41, 5.74) is 0.684. The first kappa shape index (κ1) is 11.0. The molecule has 0 aliphatic heterocycles. The van der Waals surface area contributed by atoms with Crippen molar-refractivity contribution in [2.75, 3.05) is 7.05 Å². The Morgan fingerprint density at radius 2 is 1.79 bits per heavy atom. The Morgan fingerprint density at radius 3 is 2.21 bits per heavy atom. The minimum Gasteiger partial charge on any atom is -0.309 e. The number of hydrogen-bond donors (Lipinski definition) is 1. The van der Waals surface area contributed by atoms with Crippen LogP contribution in [0.1, 0.15) is 5.56 Å². The Bertz CT molecular complexity index is 268. The van der Waals surface area contributed by atoms with Gasteiger partial charge in [0.05, 0.1) is 0 Å². The second-order valence-corrected chi connectivity index (χ2v) is 3.07. The first-order chi connectivity index (χ1) is 6.54. The lowest BCUT2D eigenvalue weighted by atomic mass is 10.1. The Hall–Kier alpha value is -1.03. The molecule has 1 aromatic rings. The SMILES string of the molecule is CN[C@H](Cc1ccccc1)C(F)(F)F. The zero-order chi connectivity index (χ0) is 10.6. The Kier molecular flexibility index (Phi) is 3.52. The highest BCUT2D eigenvalue weighted by Gasteiger charge is 2.38. The van der Waals surface area contributed by atoms with Gasteiger partial charge in [-0.15, -0.1) is 0 Å². The molecule has 0 bridgehead atoms. The average molecular weight is 203 g/mol. The van der Waals surface area contributed by atoms with Crippen LogP contribution in [0.3, 0.4) is 0 Å². The van der Waals surface area contributed by atoms with E-state index in [-0.39, 0.29) is 6.42 Å². The van der Waals surface area contributed by atoms with Crippen LogP contribution >= 0.6 is 0 Å². The van der Waals surface area contributed by atoms with Crippen molar-refractivity contribution in [1.29, 1.82) is 0 Å². The van der Waals surface area contributed by atoms with Crippen LogP contribution in [0.15, 0.2) is 30.3 Å². The Morgan fingerprint density at radius 1 is 1.21 bits per heavy atom. The minimum absolute atomic E-state index is 0.0269. The van der Waals surface area contributed by atoms with Gasteiger partial charge in [-0.05, 0) is 19.0 Å². The molecule has 0 radical (unpaired) electrons. The summed E-state index contributed by atoms with van der Waals surface area (Å²) in [7, 11) is 1.32. The van der Waals surface area contributed by atoms with Gasteiger partial charge in [0.1, 0.15) is 6.04 Å². The van der Waals surface area contributed by atoms with E-state index in [1.165, 1.54) is 7.05 Å². The smallest absolute Gasteiger partial charge is 0.309 e. The number of alkyl halides is 3. The van der Waals surface area contributed by atoms with Gasteiger partial charge in [-0.25, -0.2) is 0 Å². The lowest BCUT2D eigenvalue weighted by Gasteiger charge is -2.19. The van der Waals surface area contributed by atoms with E-state index in [2.05, 4.69) is 5.32 Å². The van der Waals surface area contributed by atoms with E-state index < -0.39 is 12.2 Å². The number of halogens is 3. The van der Waals surface area contributed by atoms with Gasteiger partial charge in [0.15, 0.2) is 0 Å². The van der Waals surface area contributed by atoms with E-state index in [0.717, 1.165) is 0 Å². The van der Waals surface area contributed by atoms with Crippen LogP contribution in [-0.4, -0.2) is 19.3 Å². The maximum Gasteiger partial charge on any atom is 0.404 e. The molecule has 1 N–H and O–H groups in total. The largest absolute Gasteiger partial charge is 0.404 e. The van der Waals surface area contributed by atoms with E-state index in [9.17, 15) is 13.2 Å². The molecule has 4 heteroatoms. The van der Waals surface area contributed by atoms with Crippen molar-refractivity contribution in [1.82, 2.24) is 5.32 Å². The zero-order valence-electron chi connectivity index (χ0n) is 7.81. The molecular weight excluding hydrogens is 191 g/mol. The lowest BCUT2D eigenvalue weighted by Crippen LogP contribution is -2.41. The van der Waals surface area contributed by atoms with E-state index in [1.54, 1.807) is 30.3 Å². The summed E-state index contributed by atoms with van der Waals surface area (Å²) in [4.78, 5) is 0. The summed E-state index contributed by atoms with van der Waals surface area (Å²) >= 11 is 0. The molecule has 0 aliphatic rings. The van der Waals surface area contributed by atoms with Gasteiger partial charge in [-0.1, -0.05) is 30.3 Å². The molecule has 1 nitrogen and oxygen atoms in total. The van der Waals surface area contributed by atoms with Crippen molar-refractivity contribution in [2.45, 2.75) is 18.6 Å². The molecule has 1 aromatic carbocycles. The fourth-order valence-corrected chi connectivity index (χ4v) is 1.23. The first-order valence-corrected chi connectivity index (χ1v) is 4.32. The van der Waals surface area contributed by atoms with E-state index in [0.29, 0.717) is 5.56 Å². The molecule has 0 spiro atoms. The van der Waals surface area contributed by atoms with Gasteiger partial charge < -0.3 is 5.32 Å². The number of nitrogens with one attached hydrogen (secondary N) is 1. The lowest BCUT2D eigenvalue weighted by molar-refractivity contribution is -0.154. The number of rotatable bonds is 3. The maximum absolute atomic E-state index is 12.3. The third-order valence-corrected chi connectivity index (χ3v) is 2.03. The molecule has 0 aromatic heterocycles. The van der Waals surface area contributed by atoms with E-state index in [1.807, 2.05) is 0 Å². The fraction of sp³-hybridized carbons (Fsp3) is 0.400. The second kappa shape index (κ2) is 4.46. The van der Waals surface area contributed by atoms with Crippen LogP contribution in [0.5, 0.6) is 0 Å². The predicted octanol–water partition coefficient (Wildman–Crippen LogP) is 2.38. The van der Waals surface area contributed by atoms with Gasteiger partial charge in [0.25, 0.3) is 0 Å². The summed E-state index contributed by atoms with van der Waals surface area (Å²) in [6.07, 6.45) is -4.22. The topological polar surface area (TPSA) is 12.0 Å². The number of hydrogen-bond acceptors (Lipinski definition) is 1. The van der Waals surface area contributed by atoms with Crippen molar-refractivity contribution in [3.05, 3.63) is 35.9 Å². The molecule has 0 saturated carbocycles. The van der Waals surface area contributed by atoms with Crippen LogP contribution in [0.25, 0.3) is 0 Å². The van der Waals surface area contributed by atoms with Gasteiger partial charge in [0.2, 0.25) is 0 Å². The van der Waals surface area contributed by atoms with E-state index >= 15 is 0 Å². The van der Waals surface area contributed by atoms with Crippen molar-refractivity contribution in [3.8, 4) is 0 Å². The molecular formula is C10H12F3N. The summed E-state index contributed by atoms with van der Waals surface area (Å²) in [6, 6.07) is 7.17. The normalized spacial score (nSPS) is 14.0. The Balaban J connectivity index is 2.67. The highest BCUT2D eigenvalue weighted by Crippen LogP contribution is 2.22. The monoisotopic (exact) mass is 203 g/mol. The molecule has 0 saturated heterocycles. The van der Waals surface area contributed by atoms with E-state index in [4.69, 9.17) is 0 Å². The van der Waals surface area contributed by atoms with Crippen LogP contribution in [0.4, 0.5) is 13.2 Å². The fourth-order valence-electron chi connectivity index (χ4n) is 1.23. The molecule has 0 amide bonds. The van der Waals surface area contributed by atoms with Crippen LogP contribution in [-0.2, 0) is 6.42 Å². The second-order valence-electron chi connectivity index (χ2n) is 3.07. The zero-order valence-corrected chi connectivity index (χ0v) is 7.81. The van der Waals surface area contributed by atoms with Gasteiger partial charge >= 0.3 is 6.18 Å². The standard InChI is InChI=1S/C10H12F3N/c1-14-9(10(11,12)13)7-8-5-3-2-4-6-8/h2-6,9,14H,7H2,1H3/t9-/m1/s1. The maximum atomic E-state index is 12.3. The Labute approximate surface area is 80.9 Å². The third-order valence-electron chi connectivity index (χ3n) is 2.03. The van der Waals surface area contributed by atoms with Crippen molar-refractivity contribution >= 4 is 0 Å². The quantitative estimate of drug-likeness (QED) is 0.795. The van der Waals surface area contributed by atoms with Crippen molar-refractivity contribution < 1.29 is 13.2 Å². The van der Waals surface area contributed by atoms with Crippen molar-refractivity contribution in [3.63, 3.8) is 0 Å². The van der Waals surface area contributed by atoms with Crippen LogP contribution < -0.4 is 5.32 Å². The van der Waals surface area contributed by atoms with Gasteiger partial charge in [-0.3, -0.25) is 0 Å². The average Bonchev–Trinajstić information content (AvgIpc) is 2.14.